The molecule has 1 aromatic rings. The van der Waals surface area contributed by atoms with Gasteiger partial charge in [-0.25, -0.2) is 0 Å². The number of aliphatic hydroxyl groups excluding tert-OH is 1. The zero-order chi connectivity index (χ0) is 15.2. The Kier molecular flexibility index (Phi) is 6.22. The predicted molar refractivity (Wildman–Crippen MR) is 86.5 cm³/mol. The van der Waals surface area contributed by atoms with Crippen LogP contribution in [0, 0.1) is 5.92 Å². The standard InChI is InChI=1S/C18H29NO2/c1-14(2)16-4-6-17(7-5-16)18(20)13-19(3)12-15-8-10-21-11-9-15/h4-7,14-15,18,20H,8-13H2,1-3H3. The number of ether oxygens (including phenoxy) is 1. The highest BCUT2D eigenvalue weighted by molar-refractivity contribution is 5.26. The largest absolute Gasteiger partial charge is 0.387 e. The number of benzene rings is 1. The van der Waals surface area contributed by atoms with Gasteiger partial charge in [0, 0.05) is 26.3 Å². The Morgan fingerprint density at radius 2 is 1.71 bits per heavy atom. The van der Waals surface area contributed by atoms with Crippen molar-refractivity contribution >= 4 is 0 Å². The first-order chi connectivity index (χ1) is 10.1. The molecule has 1 heterocycles. The van der Waals surface area contributed by atoms with Gasteiger partial charge in [-0.05, 0) is 42.9 Å². The molecule has 0 spiro atoms. The van der Waals surface area contributed by atoms with E-state index in [1.54, 1.807) is 0 Å². The fraction of sp³-hybridized carbons (Fsp3) is 0.667. The van der Waals surface area contributed by atoms with E-state index in [9.17, 15) is 5.11 Å². The Bertz CT molecular complexity index is 410. The van der Waals surface area contributed by atoms with E-state index in [0.717, 1.165) is 38.2 Å². The molecule has 3 nitrogen and oxygen atoms in total. The van der Waals surface area contributed by atoms with Gasteiger partial charge in [0.15, 0.2) is 0 Å². The quantitative estimate of drug-likeness (QED) is 0.873. The monoisotopic (exact) mass is 291 g/mol. The fourth-order valence-corrected chi connectivity index (χ4v) is 2.95. The molecule has 1 N–H and O–H groups in total. The second-order valence-electron chi connectivity index (χ2n) is 6.61. The number of aliphatic hydroxyl groups is 1. The molecule has 1 aliphatic heterocycles. The van der Waals surface area contributed by atoms with Crippen LogP contribution >= 0.6 is 0 Å². The van der Waals surface area contributed by atoms with E-state index >= 15 is 0 Å². The molecular formula is C18H29NO2. The molecule has 118 valence electrons. The number of hydrogen-bond donors (Lipinski definition) is 1. The average molecular weight is 291 g/mol. The zero-order valence-corrected chi connectivity index (χ0v) is 13.6. The Balaban J connectivity index is 1.83. The molecule has 1 aromatic carbocycles. The van der Waals surface area contributed by atoms with Crippen molar-refractivity contribution in [3.63, 3.8) is 0 Å². The highest BCUT2D eigenvalue weighted by Gasteiger charge is 2.18. The normalized spacial score (nSPS) is 18.4. The molecule has 0 aliphatic carbocycles. The minimum atomic E-state index is -0.406. The van der Waals surface area contributed by atoms with Gasteiger partial charge >= 0.3 is 0 Å². The van der Waals surface area contributed by atoms with Gasteiger partial charge < -0.3 is 14.7 Å². The summed E-state index contributed by atoms with van der Waals surface area (Å²) in [4.78, 5) is 2.25. The first-order valence-corrected chi connectivity index (χ1v) is 8.10. The molecule has 0 aromatic heterocycles. The second kappa shape index (κ2) is 7.92. The molecule has 0 radical (unpaired) electrons. The molecule has 1 unspecified atom stereocenters. The SMILES string of the molecule is CC(C)c1ccc(C(O)CN(C)CC2CCOCC2)cc1. The maximum atomic E-state index is 10.4. The van der Waals surface area contributed by atoms with Crippen LogP contribution in [0.3, 0.4) is 0 Å². The lowest BCUT2D eigenvalue weighted by molar-refractivity contribution is 0.0478. The number of likely N-dealkylation sites (N-methyl/N-ethyl adjacent to an activating group) is 1. The van der Waals surface area contributed by atoms with Crippen molar-refractivity contribution < 1.29 is 9.84 Å². The third-order valence-electron chi connectivity index (χ3n) is 4.38. The van der Waals surface area contributed by atoms with Crippen LogP contribution in [0.2, 0.25) is 0 Å². The summed E-state index contributed by atoms with van der Waals surface area (Å²) >= 11 is 0. The Morgan fingerprint density at radius 3 is 2.29 bits per heavy atom. The Labute approximate surface area is 128 Å². The predicted octanol–water partition coefficient (Wildman–Crippen LogP) is 3.20. The summed E-state index contributed by atoms with van der Waals surface area (Å²) in [6.07, 6.45) is 1.88. The van der Waals surface area contributed by atoms with Crippen molar-refractivity contribution in [2.45, 2.75) is 38.7 Å². The maximum absolute atomic E-state index is 10.4. The average Bonchev–Trinajstić information content (AvgIpc) is 2.48. The molecule has 1 fully saturated rings. The number of nitrogens with zero attached hydrogens (tertiary/aromatic N) is 1. The van der Waals surface area contributed by atoms with Crippen LogP contribution in [0.5, 0.6) is 0 Å². The molecule has 0 saturated carbocycles. The highest BCUT2D eigenvalue weighted by atomic mass is 16.5. The first-order valence-electron chi connectivity index (χ1n) is 8.10. The Morgan fingerprint density at radius 1 is 1.14 bits per heavy atom. The Hall–Kier alpha value is -0.900. The summed E-state index contributed by atoms with van der Waals surface area (Å²) < 4.78 is 5.39. The lowest BCUT2D eigenvalue weighted by atomic mass is 9.98. The summed E-state index contributed by atoms with van der Waals surface area (Å²) in [5.41, 5.74) is 2.33. The molecule has 1 aliphatic rings. The molecule has 0 amide bonds. The van der Waals surface area contributed by atoms with E-state index in [1.165, 1.54) is 5.56 Å². The summed E-state index contributed by atoms with van der Waals surface area (Å²) in [7, 11) is 2.10. The fourth-order valence-electron chi connectivity index (χ4n) is 2.95. The molecule has 1 atom stereocenters. The molecular weight excluding hydrogens is 262 g/mol. The summed E-state index contributed by atoms with van der Waals surface area (Å²) in [5, 5.41) is 10.4. The molecule has 1 saturated heterocycles. The van der Waals surface area contributed by atoms with Gasteiger partial charge in [-0.15, -0.1) is 0 Å². The van der Waals surface area contributed by atoms with Gasteiger partial charge in [0.2, 0.25) is 0 Å². The van der Waals surface area contributed by atoms with Crippen LogP contribution in [-0.2, 0) is 4.74 Å². The van der Waals surface area contributed by atoms with Gasteiger partial charge in [0.1, 0.15) is 0 Å². The van der Waals surface area contributed by atoms with E-state index in [0.29, 0.717) is 18.4 Å². The van der Waals surface area contributed by atoms with Crippen molar-refractivity contribution in [3.8, 4) is 0 Å². The number of rotatable bonds is 6. The first kappa shape index (κ1) is 16.5. The van der Waals surface area contributed by atoms with Crippen LogP contribution in [0.1, 0.15) is 49.8 Å². The zero-order valence-electron chi connectivity index (χ0n) is 13.6. The van der Waals surface area contributed by atoms with Crippen molar-refractivity contribution in [2.75, 3.05) is 33.4 Å². The van der Waals surface area contributed by atoms with Gasteiger partial charge in [-0.2, -0.15) is 0 Å². The van der Waals surface area contributed by atoms with Crippen LogP contribution in [0.25, 0.3) is 0 Å². The minimum absolute atomic E-state index is 0.406. The lowest BCUT2D eigenvalue weighted by Crippen LogP contribution is -2.32. The summed E-state index contributed by atoms with van der Waals surface area (Å²) in [6.45, 7) is 7.89. The minimum Gasteiger partial charge on any atom is -0.387 e. The third kappa shape index (κ3) is 5.10. The van der Waals surface area contributed by atoms with Gasteiger partial charge in [-0.1, -0.05) is 38.1 Å². The van der Waals surface area contributed by atoms with E-state index in [-0.39, 0.29) is 0 Å². The summed E-state index contributed by atoms with van der Waals surface area (Å²) in [6, 6.07) is 8.37. The van der Waals surface area contributed by atoms with Gasteiger partial charge in [0.05, 0.1) is 6.10 Å². The lowest BCUT2D eigenvalue weighted by Gasteiger charge is -2.28. The molecule has 21 heavy (non-hydrogen) atoms. The molecule has 3 heteroatoms. The van der Waals surface area contributed by atoms with E-state index in [2.05, 4.69) is 50.1 Å². The second-order valence-corrected chi connectivity index (χ2v) is 6.61. The van der Waals surface area contributed by atoms with Crippen LogP contribution in [-0.4, -0.2) is 43.4 Å². The van der Waals surface area contributed by atoms with Crippen molar-refractivity contribution in [1.82, 2.24) is 4.90 Å². The van der Waals surface area contributed by atoms with Crippen LogP contribution < -0.4 is 0 Å². The molecule has 0 bridgehead atoms. The van der Waals surface area contributed by atoms with Crippen molar-refractivity contribution in [2.24, 2.45) is 5.92 Å². The van der Waals surface area contributed by atoms with Gasteiger partial charge in [0.25, 0.3) is 0 Å². The van der Waals surface area contributed by atoms with Crippen LogP contribution in [0.4, 0.5) is 0 Å². The third-order valence-corrected chi connectivity index (χ3v) is 4.38. The summed E-state index contributed by atoms with van der Waals surface area (Å²) in [5.74, 6) is 1.24. The van der Waals surface area contributed by atoms with Crippen LogP contribution in [0.15, 0.2) is 24.3 Å². The van der Waals surface area contributed by atoms with Crippen molar-refractivity contribution in [3.05, 3.63) is 35.4 Å². The molecule has 2 rings (SSSR count). The maximum Gasteiger partial charge on any atom is 0.0916 e. The van der Waals surface area contributed by atoms with E-state index in [1.807, 2.05) is 0 Å². The van der Waals surface area contributed by atoms with Gasteiger partial charge in [-0.3, -0.25) is 0 Å². The van der Waals surface area contributed by atoms with Crippen molar-refractivity contribution in [1.29, 1.82) is 0 Å². The number of hydrogen-bond acceptors (Lipinski definition) is 3. The van der Waals surface area contributed by atoms with E-state index < -0.39 is 6.10 Å². The van der Waals surface area contributed by atoms with E-state index in [4.69, 9.17) is 4.74 Å². The smallest absolute Gasteiger partial charge is 0.0916 e. The topological polar surface area (TPSA) is 32.7 Å². The highest BCUT2D eigenvalue weighted by Crippen LogP contribution is 2.21.